The fourth-order valence-electron chi connectivity index (χ4n) is 6.59. The van der Waals surface area contributed by atoms with Gasteiger partial charge in [-0.1, -0.05) is 98.1 Å². The number of rotatable bonds is 10. The van der Waals surface area contributed by atoms with Crippen molar-refractivity contribution in [2.45, 2.75) is 96.1 Å². The molecule has 11 heteroatoms. The smallest absolute Gasteiger partial charge is 0.435 e. The summed E-state index contributed by atoms with van der Waals surface area (Å²) in [6, 6.07) is 23.2. The van der Waals surface area contributed by atoms with Crippen molar-refractivity contribution in [1.82, 2.24) is 16.0 Å². The molecular formula is C39H47N5O6. The van der Waals surface area contributed by atoms with E-state index in [1.807, 2.05) is 54.6 Å². The number of carbonyl (C=O) groups excluding carboxylic acids is 4. The van der Waals surface area contributed by atoms with Gasteiger partial charge in [-0.25, -0.2) is 9.59 Å². The number of amidine groups is 1. The minimum atomic E-state index is -1.25. The Hall–Kier alpha value is -5.19. The molecule has 0 saturated heterocycles. The van der Waals surface area contributed by atoms with Crippen LogP contribution in [-0.4, -0.2) is 47.0 Å². The molecule has 3 aromatic rings. The van der Waals surface area contributed by atoms with Crippen LogP contribution >= 0.6 is 0 Å². The predicted octanol–water partition coefficient (Wildman–Crippen LogP) is 5.47. The van der Waals surface area contributed by atoms with E-state index >= 15 is 0 Å². The lowest BCUT2D eigenvalue weighted by Crippen LogP contribution is -2.64. The quantitative estimate of drug-likeness (QED) is 0.163. The van der Waals surface area contributed by atoms with Gasteiger partial charge in [-0.05, 0) is 61.8 Å². The van der Waals surface area contributed by atoms with Gasteiger partial charge in [0.05, 0.1) is 0 Å². The van der Waals surface area contributed by atoms with Crippen LogP contribution in [-0.2, 0) is 45.1 Å². The zero-order valence-corrected chi connectivity index (χ0v) is 29.0. The molecule has 4 amide bonds. The van der Waals surface area contributed by atoms with Gasteiger partial charge in [-0.3, -0.25) is 9.59 Å². The zero-order chi connectivity index (χ0) is 35.7. The highest BCUT2D eigenvalue weighted by molar-refractivity contribution is 6.02. The molecule has 0 aliphatic heterocycles. The van der Waals surface area contributed by atoms with Crippen molar-refractivity contribution in [2.24, 2.45) is 16.6 Å². The molecule has 11 nitrogen and oxygen atoms in total. The molecule has 1 atom stereocenters. The van der Waals surface area contributed by atoms with Crippen molar-refractivity contribution in [1.29, 1.82) is 0 Å². The maximum absolute atomic E-state index is 14.1. The van der Waals surface area contributed by atoms with Gasteiger partial charge in [-0.15, -0.1) is 0 Å². The lowest BCUT2D eigenvalue weighted by atomic mass is 9.83. The van der Waals surface area contributed by atoms with E-state index < -0.39 is 35.3 Å². The minimum absolute atomic E-state index is 0.0107. The molecule has 2 aliphatic carbocycles. The molecule has 0 bridgehead atoms. The Kier molecular flexibility index (Phi) is 11.6. The lowest BCUT2D eigenvalue weighted by Gasteiger charge is -2.35. The lowest BCUT2D eigenvalue weighted by molar-refractivity contribution is -0.135. The first kappa shape index (κ1) is 36.1. The largest absolute Gasteiger partial charge is 0.444 e. The Labute approximate surface area is 293 Å². The van der Waals surface area contributed by atoms with Crippen LogP contribution < -0.4 is 21.7 Å². The number of nitrogens with one attached hydrogen (secondary N) is 3. The van der Waals surface area contributed by atoms with Crippen LogP contribution in [0.15, 0.2) is 83.9 Å². The molecule has 5 rings (SSSR count). The molecule has 0 radical (unpaired) electrons. The minimum Gasteiger partial charge on any atom is -0.444 e. The van der Waals surface area contributed by atoms with Crippen LogP contribution in [0.25, 0.3) is 0 Å². The molecule has 0 heterocycles. The van der Waals surface area contributed by atoms with Crippen molar-refractivity contribution < 1.29 is 28.7 Å². The number of hydrogen-bond acceptors (Lipinski definition) is 6. The van der Waals surface area contributed by atoms with Gasteiger partial charge in [0.1, 0.15) is 29.6 Å². The van der Waals surface area contributed by atoms with Crippen molar-refractivity contribution in [3.8, 4) is 0 Å². The molecule has 0 aromatic heterocycles. The van der Waals surface area contributed by atoms with E-state index in [1.165, 1.54) is 0 Å². The predicted molar refractivity (Wildman–Crippen MR) is 190 cm³/mol. The maximum Gasteiger partial charge on any atom is 0.435 e. The third kappa shape index (κ3) is 9.71. The number of ether oxygens (including phenoxy) is 2. The van der Waals surface area contributed by atoms with Crippen LogP contribution in [0.1, 0.15) is 80.7 Å². The van der Waals surface area contributed by atoms with Crippen molar-refractivity contribution in [3.63, 3.8) is 0 Å². The molecule has 264 valence electrons. The number of alkyl carbamates (subject to hydrolysis) is 1. The summed E-state index contributed by atoms with van der Waals surface area (Å²) < 4.78 is 10.7. The Bertz CT molecular complexity index is 1670. The highest BCUT2D eigenvalue weighted by Crippen LogP contribution is 2.32. The average molecular weight is 682 g/mol. The number of nitrogens with two attached hydrogens (primary N) is 1. The number of fused-ring (bicyclic) bond motifs is 1. The van der Waals surface area contributed by atoms with Crippen LogP contribution in [0.3, 0.4) is 0 Å². The van der Waals surface area contributed by atoms with Gasteiger partial charge in [-0.2, -0.15) is 4.99 Å². The molecule has 5 N–H and O–H groups in total. The Balaban J connectivity index is 1.26. The average Bonchev–Trinajstić information content (AvgIpc) is 3.48. The molecule has 0 unspecified atom stereocenters. The highest BCUT2D eigenvalue weighted by Gasteiger charge is 2.47. The van der Waals surface area contributed by atoms with Crippen molar-refractivity contribution in [2.75, 3.05) is 0 Å². The number of amides is 4. The van der Waals surface area contributed by atoms with E-state index in [9.17, 15) is 19.2 Å². The first-order valence-electron chi connectivity index (χ1n) is 17.2. The second kappa shape index (κ2) is 16.0. The monoisotopic (exact) mass is 681 g/mol. The first-order chi connectivity index (χ1) is 23.9. The SMILES string of the molecule is CC(C)(C)OC(=O)N[C@@H](C(=O)NC1(C(=O)NCc2ccc(/C(N)=N/C(=O)OCc3ccccc3)cc2)Cc2ccccc2C1)C1CCCCC1. The molecule has 3 aromatic carbocycles. The molecule has 2 aliphatic rings. The summed E-state index contributed by atoms with van der Waals surface area (Å²) in [6.07, 6.45) is 3.80. The summed E-state index contributed by atoms with van der Waals surface area (Å²) in [5.41, 5.74) is 8.21. The summed E-state index contributed by atoms with van der Waals surface area (Å²) in [6.45, 7) is 5.60. The summed E-state index contributed by atoms with van der Waals surface area (Å²) in [5, 5.41) is 8.97. The fraction of sp³-hybridized carbons (Fsp3) is 0.410. The zero-order valence-electron chi connectivity index (χ0n) is 29.0. The first-order valence-corrected chi connectivity index (χ1v) is 17.2. The highest BCUT2D eigenvalue weighted by atomic mass is 16.6. The van der Waals surface area contributed by atoms with E-state index in [0.717, 1.165) is 54.4 Å². The van der Waals surface area contributed by atoms with E-state index in [1.54, 1.807) is 45.0 Å². The number of carbonyl (C=O) groups is 4. The number of aliphatic imine (C=N–C) groups is 1. The summed E-state index contributed by atoms with van der Waals surface area (Å²) in [5.74, 6) is -0.780. The Morgan fingerprint density at radius 3 is 2.10 bits per heavy atom. The molecule has 1 fully saturated rings. The summed E-state index contributed by atoms with van der Waals surface area (Å²) in [4.78, 5) is 57.1. The van der Waals surface area contributed by atoms with Gasteiger partial charge in [0, 0.05) is 24.9 Å². The van der Waals surface area contributed by atoms with Gasteiger partial charge < -0.3 is 31.2 Å². The Morgan fingerprint density at radius 1 is 0.860 bits per heavy atom. The van der Waals surface area contributed by atoms with Crippen molar-refractivity contribution >= 4 is 29.8 Å². The van der Waals surface area contributed by atoms with E-state index in [2.05, 4.69) is 20.9 Å². The third-order valence-corrected chi connectivity index (χ3v) is 9.10. The Morgan fingerprint density at radius 2 is 1.48 bits per heavy atom. The van der Waals surface area contributed by atoms with E-state index in [-0.39, 0.29) is 30.8 Å². The van der Waals surface area contributed by atoms with Crippen LogP contribution in [0.2, 0.25) is 0 Å². The fourth-order valence-corrected chi connectivity index (χ4v) is 6.59. The number of hydrogen-bond donors (Lipinski definition) is 4. The molecule has 0 spiro atoms. The maximum atomic E-state index is 14.1. The molecule has 1 saturated carbocycles. The molecule has 50 heavy (non-hydrogen) atoms. The number of benzene rings is 3. The van der Waals surface area contributed by atoms with E-state index in [4.69, 9.17) is 15.2 Å². The third-order valence-electron chi connectivity index (χ3n) is 9.10. The van der Waals surface area contributed by atoms with Gasteiger partial charge in [0.2, 0.25) is 11.8 Å². The standard InChI is InChI=1S/C39H47N5O6/c1-38(2,3)50-37(48)42-32(28-14-8-5-9-15-28)34(45)44-39(22-30-16-10-11-17-31(30)23-39)35(46)41-24-26-18-20-29(21-19-26)33(40)43-36(47)49-25-27-12-6-4-7-13-27/h4,6-7,10-13,16-21,28,32H,5,8-9,14-15,22-25H2,1-3H3,(H,41,46)(H,42,48)(H,44,45)(H2,40,43,47)/t32-/m1/s1. The van der Waals surface area contributed by atoms with Gasteiger partial charge in [0.15, 0.2) is 0 Å². The molecular weight excluding hydrogens is 634 g/mol. The van der Waals surface area contributed by atoms with Crippen LogP contribution in [0.5, 0.6) is 0 Å². The summed E-state index contributed by atoms with van der Waals surface area (Å²) >= 11 is 0. The normalized spacial score (nSPS) is 16.4. The van der Waals surface area contributed by atoms with Crippen LogP contribution in [0, 0.1) is 5.92 Å². The topological polar surface area (TPSA) is 161 Å². The van der Waals surface area contributed by atoms with Crippen LogP contribution in [0.4, 0.5) is 9.59 Å². The second-order valence-corrected chi connectivity index (χ2v) is 14.1. The van der Waals surface area contributed by atoms with Crippen molar-refractivity contribution in [3.05, 3.63) is 107 Å². The van der Waals surface area contributed by atoms with Gasteiger partial charge >= 0.3 is 12.2 Å². The summed E-state index contributed by atoms with van der Waals surface area (Å²) in [7, 11) is 0. The number of nitrogens with zero attached hydrogens (tertiary/aromatic N) is 1. The van der Waals surface area contributed by atoms with Gasteiger partial charge in [0.25, 0.3) is 0 Å². The van der Waals surface area contributed by atoms with E-state index in [0.29, 0.717) is 18.4 Å². The second-order valence-electron chi connectivity index (χ2n) is 14.1.